The Balaban J connectivity index is 2.95. The van der Waals surface area contributed by atoms with Crippen LogP contribution in [0.5, 0.6) is 5.75 Å². The molecule has 0 aliphatic carbocycles. The van der Waals surface area contributed by atoms with Gasteiger partial charge in [0.25, 0.3) is 0 Å². The topological polar surface area (TPSA) is 9.23 Å². The van der Waals surface area contributed by atoms with Crippen LogP contribution >= 0.6 is 23.4 Å². The molecule has 78 valence electrons. The normalized spacial score (nSPS) is 11.5. The van der Waals surface area contributed by atoms with Crippen molar-refractivity contribution in [1.29, 1.82) is 0 Å². The monoisotopic (exact) mass is 242 g/mol. The molecule has 1 aromatic rings. The third kappa shape index (κ3) is 3.31. The highest BCUT2D eigenvalue weighted by molar-refractivity contribution is 7.98. The van der Waals surface area contributed by atoms with Crippen molar-refractivity contribution in [3.63, 3.8) is 0 Å². The Kier molecular flexibility index (Phi) is 3.55. The second-order valence-corrected chi connectivity index (χ2v) is 3.63. The summed E-state index contributed by atoms with van der Waals surface area (Å²) in [5.74, 6) is -0.369. The van der Waals surface area contributed by atoms with Crippen LogP contribution in [-0.2, 0) is 0 Å². The number of halogens is 4. The van der Waals surface area contributed by atoms with Crippen molar-refractivity contribution < 1.29 is 17.9 Å². The highest BCUT2D eigenvalue weighted by atomic mass is 35.5. The summed E-state index contributed by atoms with van der Waals surface area (Å²) >= 11 is 6.84. The van der Waals surface area contributed by atoms with Crippen LogP contribution in [0.15, 0.2) is 23.1 Å². The first kappa shape index (κ1) is 11.5. The van der Waals surface area contributed by atoms with Crippen LogP contribution in [0.25, 0.3) is 0 Å². The highest BCUT2D eigenvalue weighted by Gasteiger charge is 2.32. The van der Waals surface area contributed by atoms with Gasteiger partial charge in [-0.2, -0.15) is 0 Å². The summed E-state index contributed by atoms with van der Waals surface area (Å²) < 4.78 is 39.3. The molecule has 0 aliphatic rings. The van der Waals surface area contributed by atoms with E-state index in [-0.39, 0.29) is 10.8 Å². The predicted octanol–water partition coefficient (Wildman–Crippen LogP) is 3.96. The van der Waals surface area contributed by atoms with Crippen LogP contribution in [-0.4, -0.2) is 12.6 Å². The Bertz CT molecular complexity index is 327. The summed E-state index contributed by atoms with van der Waals surface area (Å²) in [4.78, 5) is 0.661. The zero-order chi connectivity index (χ0) is 10.8. The van der Waals surface area contributed by atoms with E-state index < -0.39 is 6.36 Å². The Morgan fingerprint density at radius 1 is 1.36 bits per heavy atom. The predicted molar refractivity (Wildman–Crippen MR) is 49.9 cm³/mol. The zero-order valence-electron chi connectivity index (χ0n) is 7.06. The molecule has 0 saturated heterocycles. The first-order valence-electron chi connectivity index (χ1n) is 3.51. The zero-order valence-corrected chi connectivity index (χ0v) is 8.63. The van der Waals surface area contributed by atoms with E-state index >= 15 is 0 Å². The standard InChI is InChI=1S/C8H6ClF3OS/c1-14-5-2-3-6(9)7(4-5)13-8(10,11)12/h2-4H,1H3. The maximum absolute atomic E-state index is 11.9. The van der Waals surface area contributed by atoms with E-state index in [1.807, 2.05) is 0 Å². The summed E-state index contributed by atoms with van der Waals surface area (Å²) in [7, 11) is 0. The largest absolute Gasteiger partial charge is 0.573 e. The lowest BCUT2D eigenvalue weighted by Gasteiger charge is -2.10. The number of benzene rings is 1. The van der Waals surface area contributed by atoms with Gasteiger partial charge in [0.15, 0.2) is 0 Å². The molecule has 0 bridgehead atoms. The molecule has 0 amide bonds. The Labute approximate surface area is 88.2 Å². The average Bonchev–Trinajstić information content (AvgIpc) is 2.06. The van der Waals surface area contributed by atoms with Gasteiger partial charge >= 0.3 is 6.36 Å². The van der Waals surface area contributed by atoms with Gasteiger partial charge in [-0.15, -0.1) is 24.9 Å². The molecule has 1 nitrogen and oxygen atoms in total. The van der Waals surface area contributed by atoms with Gasteiger partial charge in [0, 0.05) is 4.90 Å². The molecule has 0 fully saturated rings. The van der Waals surface area contributed by atoms with Crippen LogP contribution in [0.3, 0.4) is 0 Å². The summed E-state index contributed by atoms with van der Waals surface area (Å²) in [5, 5.41) is -0.0554. The van der Waals surface area contributed by atoms with E-state index in [1.54, 1.807) is 12.3 Å². The van der Waals surface area contributed by atoms with Crippen LogP contribution < -0.4 is 4.74 Å². The molecular weight excluding hydrogens is 237 g/mol. The molecular formula is C8H6ClF3OS. The molecule has 0 heterocycles. The molecule has 14 heavy (non-hydrogen) atoms. The number of ether oxygens (including phenoxy) is 1. The maximum atomic E-state index is 11.9. The Hall–Kier alpha value is -0.550. The lowest BCUT2D eigenvalue weighted by Crippen LogP contribution is -2.17. The maximum Gasteiger partial charge on any atom is 0.573 e. The van der Waals surface area contributed by atoms with Crippen LogP contribution in [0.4, 0.5) is 13.2 Å². The van der Waals surface area contributed by atoms with Crippen LogP contribution in [0, 0.1) is 0 Å². The van der Waals surface area contributed by atoms with E-state index in [4.69, 9.17) is 11.6 Å². The molecule has 1 aromatic carbocycles. The third-order valence-corrected chi connectivity index (χ3v) is 2.40. The summed E-state index contributed by atoms with van der Waals surface area (Å²) in [6, 6.07) is 4.24. The number of rotatable bonds is 2. The van der Waals surface area contributed by atoms with Gasteiger partial charge in [0.05, 0.1) is 5.02 Å². The van der Waals surface area contributed by atoms with Gasteiger partial charge in [-0.3, -0.25) is 0 Å². The van der Waals surface area contributed by atoms with Gasteiger partial charge in [-0.25, -0.2) is 0 Å². The van der Waals surface area contributed by atoms with Crippen molar-refractivity contribution >= 4 is 23.4 Å². The first-order valence-corrected chi connectivity index (χ1v) is 5.12. The van der Waals surface area contributed by atoms with Crippen LogP contribution in [0.1, 0.15) is 0 Å². The fourth-order valence-electron chi connectivity index (χ4n) is 0.814. The van der Waals surface area contributed by atoms with Gasteiger partial charge < -0.3 is 4.74 Å². The molecule has 1 rings (SSSR count). The van der Waals surface area contributed by atoms with Crippen LogP contribution in [0.2, 0.25) is 5.02 Å². The average molecular weight is 243 g/mol. The minimum Gasteiger partial charge on any atom is -0.404 e. The van der Waals surface area contributed by atoms with Gasteiger partial charge in [0.2, 0.25) is 0 Å². The van der Waals surface area contributed by atoms with Crippen molar-refractivity contribution in [2.75, 3.05) is 6.26 Å². The van der Waals surface area contributed by atoms with Crippen molar-refractivity contribution in [2.45, 2.75) is 11.3 Å². The van der Waals surface area contributed by atoms with Crippen molar-refractivity contribution in [2.24, 2.45) is 0 Å². The molecule has 0 N–H and O–H groups in total. The second kappa shape index (κ2) is 4.31. The SMILES string of the molecule is CSc1ccc(Cl)c(OC(F)(F)F)c1. The van der Waals surface area contributed by atoms with Gasteiger partial charge in [0.1, 0.15) is 5.75 Å². The molecule has 0 atom stereocenters. The lowest BCUT2D eigenvalue weighted by molar-refractivity contribution is -0.274. The quantitative estimate of drug-likeness (QED) is 0.726. The Morgan fingerprint density at radius 2 is 2.00 bits per heavy atom. The van der Waals surface area contributed by atoms with E-state index in [2.05, 4.69) is 4.74 Å². The lowest BCUT2D eigenvalue weighted by atomic mass is 10.3. The highest BCUT2D eigenvalue weighted by Crippen LogP contribution is 2.33. The molecule has 0 aliphatic heterocycles. The number of hydrogen-bond donors (Lipinski definition) is 0. The van der Waals surface area contributed by atoms with Crippen molar-refractivity contribution in [1.82, 2.24) is 0 Å². The molecule has 0 aromatic heterocycles. The van der Waals surface area contributed by atoms with E-state index in [1.165, 1.54) is 23.9 Å². The molecule has 6 heteroatoms. The first-order chi connectivity index (χ1) is 6.42. The number of hydrogen-bond acceptors (Lipinski definition) is 2. The number of thioether (sulfide) groups is 1. The molecule has 0 unspecified atom stereocenters. The van der Waals surface area contributed by atoms with Crippen molar-refractivity contribution in [3.8, 4) is 5.75 Å². The minimum absolute atomic E-state index is 0.0554. The minimum atomic E-state index is -4.71. The molecule has 0 radical (unpaired) electrons. The smallest absolute Gasteiger partial charge is 0.404 e. The van der Waals surface area contributed by atoms with E-state index in [0.717, 1.165) is 0 Å². The summed E-state index contributed by atoms with van der Waals surface area (Å²) in [6.07, 6.45) is -2.96. The molecule has 0 spiro atoms. The van der Waals surface area contributed by atoms with E-state index in [9.17, 15) is 13.2 Å². The third-order valence-electron chi connectivity index (χ3n) is 1.36. The Morgan fingerprint density at radius 3 is 2.50 bits per heavy atom. The fourth-order valence-corrected chi connectivity index (χ4v) is 1.40. The van der Waals surface area contributed by atoms with Gasteiger partial charge in [-0.1, -0.05) is 11.6 Å². The van der Waals surface area contributed by atoms with Crippen molar-refractivity contribution in [3.05, 3.63) is 23.2 Å². The van der Waals surface area contributed by atoms with Gasteiger partial charge in [-0.05, 0) is 24.5 Å². The summed E-state index contributed by atoms with van der Waals surface area (Å²) in [5.41, 5.74) is 0. The second-order valence-electron chi connectivity index (χ2n) is 2.34. The summed E-state index contributed by atoms with van der Waals surface area (Å²) in [6.45, 7) is 0. The molecule has 0 saturated carbocycles. The fraction of sp³-hybridized carbons (Fsp3) is 0.250. The number of alkyl halides is 3. The van der Waals surface area contributed by atoms with E-state index in [0.29, 0.717) is 4.90 Å².